The van der Waals surface area contributed by atoms with Crippen LogP contribution >= 0.6 is 0 Å². The molecule has 0 radical (unpaired) electrons. The lowest BCUT2D eigenvalue weighted by Gasteiger charge is -2.41. The second-order valence-electron chi connectivity index (χ2n) is 15.9. The van der Waals surface area contributed by atoms with Gasteiger partial charge in [-0.25, -0.2) is 4.98 Å². The first kappa shape index (κ1) is 35.2. The van der Waals surface area contributed by atoms with Gasteiger partial charge < -0.3 is 19.3 Å². The van der Waals surface area contributed by atoms with Gasteiger partial charge in [0.2, 0.25) is 0 Å². The number of para-hydroxylation sites is 6. The van der Waals surface area contributed by atoms with E-state index >= 15 is 0 Å². The predicted octanol–water partition coefficient (Wildman–Crippen LogP) is 14.2. The molecule has 2 aliphatic heterocycles. The summed E-state index contributed by atoms with van der Waals surface area (Å²) in [6.07, 6.45) is 3.70. The Balaban J connectivity index is 1.02. The van der Waals surface area contributed by atoms with E-state index in [0.717, 1.165) is 101 Å². The summed E-state index contributed by atoms with van der Waals surface area (Å²) in [5.41, 5.74) is 13.6. The molecule has 0 saturated carbocycles. The summed E-state index contributed by atoms with van der Waals surface area (Å²) in [5, 5.41) is 1.07. The van der Waals surface area contributed by atoms with E-state index in [2.05, 4.69) is 168 Å². The molecule has 7 aromatic carbocycles. The van der Waals surface area contributed by atoms with Crippen LogP contribution in [0.3, 0.4) is 0 Å². The summed E-state index contributed by atoms with van der Waals surface area (Å²) in [7, 11) is 0. The number of aromatic nitrogens is 3. The first-order valence-electron chi connectivity index (χ1n) is 21.1. The normalized spacial score (nSPS) is 15.0. The number of hydrogen-bond donors (Lipinski definition) is 0. The summed E-state index contributed by atoms with van der Waals surface area (Å²) in [6.45, 7) is 0. The van der Waals surface area contributed by atoms with Crippen LogP contribution in [0.5, 0.6) is 23.0 Å². The minimum atomic E-state index is -0.808. The highest BCUT2D eigenvalue weighted by molar-refractivity contribution is 5.96. The monoisotopic (exact) mass is 809 g/mol. The van der Waals surface area contributed by atoms with Crippen molar-refractivity contribution in [2.24, 2.45) is 0 Å². The molecule has 3 aliphatic rings. The fourth-order valence-electron chi connectivity index (χ4n) is 9.99. The molecule has 5 heterocycles. The van der Waals surface area contributed by atoms with Crippen molar-refractivity contribution in [3.05, 3.63) is 235 Å². The van der Waals surface area contributed by atoms with Gasteiger partial charge in [-0.3, -0.25) is 9.97 Å². The van der Waals surface area contributed by atoms with E-state index in [1.807, 2.05) is 54.9 Å². The molecule has 10 aromatic rings. The molecule has 7 heteroatoms. The van der Waals surface area contributed by atoms with Crippen molar-refractivity contribution in [1.29, 1.82) is 0 Å². The molecule has 1 aliphatic carbocycles. The van der Waals surface area contributed by atoms with Gasteiger partial charge in [0.25, 0.3) is 0 Å². The summed E-state index contributed by atoms with van der Waals surface area (Å²) in [5.74, 6) is 2.77. The van der Waals surface area contributed by atoms with Gasteiger partial charge in [-0.15, -0.1) is 0 Å². The molecule has 0 bridgehead atoms. The van der Waals surface area contributed by atoms with Crippen molar-refractivity contribution in [2.75, 3.05) is 9.80 Å². The van der Waals surface area contributed by atoms with E-state index in [4.69, 9.17) is 24.4 Å². The highest BCUT2D eigenvalue weighted by Crippen LogP contribution is 2.66. The Morgan fingerprint density at radius 3 is 1.95 bits per heavy atom. The van der Waals surface area contributed by atoms with Gasteiger partial charge in [-0.05, 0) is 96.1 Å². The van der Waals surface area contributed by atoms with Crippen LogP contribution in [-0.4, -0.2) is 15.0 Å². The van der Waals surface area contributed by atoms with Crippen molar-refractivity contribution in [3.8, 4) is 45.6 Å². The summed E-state index contributed by atoms with van der Waals surface area (Å²) >= 11 is 0. The summed E-state index contributed by atoms with van der Waals surface area (Å²) in [4.78, 5) is 19.9. The molecular formula is C56H35N5O2. The van der Waals surface area contributed by atoms with E-state index in [9.17, 15) is 0 Å². The minimum absolute atomic E-state index is 0.638. The Morgan fingerprint density at radius 2 is 1.10 bits per heavy atom. The summed E-state index contributed by atoms with van der Waals surface area (Å²) < 4.78 is 14.1. The highest BCUT2D eigenvalue weighted by Gasteiger charge is 2.54. The highest BCUT2D eigenvalue weighted by atomic mass is 16.5. The van der Waals surface area contributed by atoms with E-state index in [1.165, 1.54) is 0 Å². The van der Waals surface area contributed by atoms with Crippen LogP contribution in [-0.2, 0) is 5.41 Å². The average Bonchev–Trinajstić information content (AvgIpc) is 3.63. The lowest BCUT2D eigenvalue weighted by atomic mass is 9.66. The number of fused-ring (bicyclic) bond motifs is 13. The molecule has 3 aromatic heterocycles. The molecule has 13 rings (SSSR count). The van der Waals surface area contributed by atoms with Crippen LogP contribution in [0.4, 0.5) is 34.1 Å². The largest absolute Gasteiger partial charge is 0.453 e. The zero-order valence-corrected chi connectivity index (χ0v) is 33.8. The molecule has 1 unspecified atom stereocenters. The number of ether oxygens (including phenoxy) is 2. The second kappa shape index (κ2) is 13.7. The molecule has 63 heavy (non-hydrogen) atoms. The third kappa shape index (κ3) is 5.17. The van der Waals surface area contributed by atoms with Gasteiger partial charge in [0.15, 0.2) is 17.2 Å². The van der Waals surface area contributed by atoms with Crippen LogP contribution in [0.2, 0.25) is 0 Å². The predicted molar refractivity (Wildman–Crippen MR) is 250 cm³/mol. The Morgan fingerprint density at radius 1 is 0.444 bits per heavy atom. The first-order valence-corrected chi connectivity index (χ1v) is 21.1. The van der Waals surface area contributed by atoms with Crippen molar-refractivity contribution < 1.29 is 9.47 Å². The van der Waals surface area contributed by atoms with E-state index in [0.29, 0.717) is 11.5 Å². The van der Waals surface area contributed by atoms with E-state index in [-0.39, 0.29) is 0 Å². The maximum atomic E-state index is 7.10. The van der Waals surface area contributed by atoms with E-state index in [1.54, 1.807) is 0 Å². The van der Waals surface area contributed by atoms with Crippen LogP contribution in [0, 0.1) is 0 Å². The SMILES string of the molecule is c1ccc(N(c2ccccc2)c2cccc(N3c4ccccc4Oc4c3ccc3c4Oc4ccccc4C34c3cccnc3-c3nc(-c5cccc6cccnc56)ccc34)c2)cc1. The Kier molecular flexibility index (Phi) is 7.68. The Labute approximate surface area is 363 Å². The van der Waals surface area contributed by atoms with Crippen molar-refractivity contribution in [3.63, 3.8) is 0 Å². The number of pyridine rings is 3. The van der Waals surface area contributed by atoms with Crippen LogP contribution in [0.15, 0.2) is 213 Å². The van der Waals surface area contributed by atoms with Crippen LogP contribution < -0.4 is 19.3 Å². The smallest absolute Gasteiger partial charge is 0.194 e. The Hall–Kier alpha value is -8.55. The molecule has 1 atom stereocenters. The molecular weight excluding hydrogens is 775 g/mol. The average molecular weight is 810 g/mol. The van der Waals surface area contributed by atoms with Gasteiger partial charge in [-0.2, -0.15) is 0 Å². The van der Waals surface area contributed by atoms with Crippen molar-refractivity contribution in [2.45, 2.75) is 5.41 Å². The van der Waals surface area contributed by atoms with Gasteiger partial charge in [0.05, 0.1) is 39.4 Å². The Bertz CT molecular complexity index is 3400. The standard InChI is InChI=1S/C56H35N5O2/c1-3-17-37(18-4-1)60(38-19-5-2-6-20-38)39-21-12-22-40(35-39)61-47-26-8-10-28-50(47)63-55-48(61)32-30-45-54(55)62-49-27-9-7-24-42(49)56(45)43-25-14-34-58-52(43)53-44(56)29-31-46(59-53)41-23-11-15-36-16-13-33-57-51(36)41/h1-35H. The maximum Gasteiger partial charge on any atom is 0.194 e. The van der Waals surface area contributed by atoms with Gasteiger partial charge >= 0.3 is 0 Å². The molecule has 296 valence electrons. The number of nitrogens with zero attached hydrogens (tertiary/aromatic N) is 5. The summed E-state index contributed by atoms with van der Waals surface area (Å²) in [6, 6.07) is 69.5. The zero-order chi connectivity index (χ0) is 41.5. The zero-order valence-electron chi connectivity index (χ0n) is 33.8. The van der Waals surface area contributed by atoms with Crippen LogP contribution in [0.25, 0.3) is 33.5 Å². The van der Waals surface area contributed by atoms with E-state index < -0.39 is 5.41 Å². The van der Waals surface area contributed by atoms with Crippen molar-refractivity contribution in [1.82, 2.24) is 15.0 Å². The quantitative estimate of drug-likeness (QED) is 0.172. The molecule has 0 saturated heterocycles. The fourth-order valence-corrected chi connectivity index (χ4v) is 9.99. The second-order valence-corrected chi connectivity index (χ2v) is 15.9. The third-order valence-electron chi connectivity index (χ3n) is 12.6. The van der Waals surface area contributed by atoms with Gasteiger partial charge in [0, 0.05) is 57.2 Å². The fraction of sp³-hybridized carbons (Fsp3) is 0.0179. The third-order valence-corrected chi connectivity index (χ3v) is 12.6. The lowest BCUT2D eigenvalue weighted by molar-refractivity contribution is 0.391. The van der Waals surface area contributed by atoms with Crippen LogP contribution in [0.1, 0.15) is 22.3 Å². The minimum Gasteiger partial charge on any atom is -0.453 e. The topological polar surface area (TPSA) is 63.6 Å². The first-order chi connectivity index (χ1) is 31.3. The van der Waals surface area contributed by atoms with Gasteiger partial charge in [-0.1, -0.05) is 115 Å². The number of anilines is 6. The molecule has 0 fully saturated rings. The molecule has 0 amide bonds. The number of hydrogen-bond acceptors (Lipinski definition) is 7. The lowest BCUT2D eigenvalue weighted by Crippen LogP contribution is -2.33. The number of rotatable bonds is 5. The van der Waals surface area contributed by atoms with Gasteiger partial charge in [0.1, 0.15) is 5.75 Å². The molecule has 1 spiro atoms. The number of benzene rings is 7. The molecule has 0 N–H and O–H groups in total. The maximum absolute atomic E-state index is 7.10. The van der Waals surface area contributed by atoms with Crippen molar-refractivity contribution >= 4 is 45.0 Å². The molecule has 7 nitrogen and oxygen atoms in total.